The number of carbonyl (C=O) groups is 2. The molecule has 0 rings (SSSR count). The number of amides is 2. The first-order chi connectivity index (χ1) is 13.1. The Morgan fingerprint density at radius 1 is 0.583 bits per heavy atom. The van der Waals surface area contributed by atoms with Gasteiger partial charge in [-0.1, -0.05) is 41.5 Å². The molecule has 0 aliphatic heterocycles. The van der Waals surface area contributed by atoms with Crippen LogP contribution in [0.5, 0.6) is 0 Å². The van der Waals surface area contributed by atoms with Gasteiger partial charge in [0.2, 0.25) is 0 Å². The molecular formula is C18H50Cl4N6O6Pt2. The molecule has 0 bridgehead atoms. The van der Waals surface area contributed by atoms with Crippen LogP contribution in [0.4, 0.5) is 9.59 Å². The molecular weight excluding hydrogens is 928 g/mol. The standard InChI is InChI=1S/2C9H19NO2.4ClH.4H2N.2H2O.2Pt/c2*1-8(2,3)6-9(4,5)10-7(11)12;;;;;;;;;;;;/h2*10H,6H2,1-5H3,(H,11,12);4*1H;6*1H2;;/q;;;;;;4*-1;;;2*+4/p-4. The molecule has 0 unspecified atom stereocenters. The van der Waals surface area contributed by atoms with Gasteiger partial charge in [0.15, 0.2) is 0 Å². The first kappa shape index (κ1) is 65.7. The summed E-state index contributed by atoms with van der Waals surface area (Å²) in [6.07, 6.45) is -0.257. The Labute approximate surface area is 251 Å². The van der Waals surface area contributed by atoms with Crippen molar-refractivity contribution in [2.45, 2.75) is 93.2 Å². The van der Waals surface area contributed by atoms with Crippen molar-refractivity contribution >= 4 is 49.9 Å². The fraction of sp³-hybridized carbons (Fsp3) is 0.889. The number of halogens is 4. The first-order valence-electron chi connectivity index (χ1n) is 8.75. The van der Waals surface area contributed by atoms with Crippen LogP contribution in [0, 0.1) is 10.8 Å². The zero-order valence-corrected chi connectivity index (χ0v) is 30.1. The first-order valence-corrected chi connectivity index (χ1v) is 20.0. The molecule has 36 heavy (non-hydrogen) atoms. The van der Waals surface area contributed by atoms with E-state index in [0.717, 1.165) is 12.8 Å². The third kappa shape index (κ3) is 76.5. The summed E-state index contributed by atoms with van der Waals surface area (Å²) in [4.78, 5) is 20.8. The Kier molecular flexibility index (Phi) is 58.5. The summed E-state index contributed by atoms with van der Waals surface area (Å²) in [6.45, 7) is 20.2. The van der Waals surface area contributed by atoms with Crippen LogP contribution < -0.4 is 10.6 Å². The van der Waals surface area contributed by atoms with E-state index in [-0.39, 0.29) is 57.5 Å². The molecule has 18 heteroatoms. The average Bonchev–Trinajstić information content (AvgIpc) is 2.30. The molecule has 0 spiro atoms. The molecule has 0 aliphatic carbocycles. The number of nitrogens with two attached hydrogens (primary N) is 4. The average molecular weight is 979 g/mol. The van der Waals surface area contributed by atoms with E-state index in [1.165, 1.54) is 0 Å². The summed E-state index contributed by atoms with van der Waals surface area (Å²) in [5.41, 5.74) is -0.397. The summed E-state index contributed by atoms with van der Waals surface area (Å²) in [5.74, 6) is 0. The van der Waals surface area contributed by atoms with Crippen molar-refractivity contribution < 1.29 is 63.7 Å². The van der Waals surface area contributed by atoms with E-state index in [0.29, 0.717) is 0 Å². The normalized spacial score (nSPS) is 9.72. The fourth-order valence-electron chi connectivity index (χ4n) is 3.32. The van der Waals surface area contributed by atoms with Gasteiger partial charge >= 0.3 is 82.8 Å². The van der Waals surface area contributed by atoms with E-state index in [9.17, 15) is 9.59 Å². The van der Waals surface area contributed by atoms with Gasteiger partial charge in [-0.2, -0.15) is 0 Å². The maximum Gasteiger partial charge on any atom is -0.693 e. The largest absolute Gasteiger partial charge is 0.693 e. The second-order valence-corrected chi connectivity index (χ2v) is 16.8. The smallest absolute Gasteiger partial charge is 0.693 e. The van der Waals surface area contributed by atoms with Crippen LogP contribution in [0.2, 0.25) is 0 Å². The van der Waals surface area contributed by atoms with E-state index < -0.39 is 45.1 Å². The zero-order valence-electron chi connectivity index (χ0n) is 22.6. The molecule has 0 radical (unpaired) electrons. The van der Waals surface area contributed by atoms with Gasteiger partial charge in [-0.3, -0.25) is 0 Å². The summed E-state index contributed by atoms with van der Waals surface area (Å²) in [6, 6.07) is 0. The number of hydrogen-bond donors (Lipinski definition) is 4. The minimum Gasteiger partial charge on any atom is -0.693 e. The van der Waals surface area contributed by atoms with Crippen LogP contribution in [0.25, 0.3) is 24.6 Å². The Balaban J connectivity index is -0.0000000337. The monoisotopic (exact) mass is 976 g/mol. The van der Waals surface area contributed by atoms with E-state index in [4.69, 9.17) is 47.9 Å². The molecule has 0 aromatic heterocycles. The van der Waals surface area contributed by atoms with E-state index in [2.05, 4.69) is 52.2 Å². The Morgan fingerprint density at radius 3 is 0.806 bits per heavy atom. The van der Waals surface area contributed by atoms with E-state index >= 15 is 0 Å². The van der Waals surface area contributed by atoms with Gasteiger partial charge < -0.3 is 56.4 Å². The van der Waals surface area contributed by atoms with Crippen molar-refractivity contribution in [3.05, 3.63) is 24.6 Å². The van der Waals surface area contributed by atoms with Crippen molar-refractivity contribution in [3.63, 3.8) is 0 Å². The molecule has 0 aromatic rings. The van der Waals surface area contributed by atoms with Crippen molar-refractivity contribution in [2.24, 2.45) is 10.8 Å². The van der Waals surface area contributed by atoms with Crippen LogP contribution in [-0.2, 0) is 33.0 Å². The molecule has 0 fully saturated rings. The predicted octanol–water partition coefficient (Wildman–Crippen LogP) is 8.91. The zero-order chi connectivity index (χ0) is 25.4. The van der Waals surface area contributed by atoms with Gasteiger partial charge in [0, 0.05) is 11.1 Å². The van der Waals surface area contributed by atoms with Crippen LogP contribution in [0.15, 0.2) is 0 Å². The molecule has 0 atom stereocenters. The molecule has 0 aromatic carbocycles. The number of nitrogens with one attached hydrogen (secondary N) is 2. The molecule has 2 amide bonds. The molecule has 0 heterocycles. The number of rotatable bonds is 4. The minimum absolute atomic E-state index is 0. The Morgan fingerprint density at radius 2 is 0.722 bits per heavy atom. The molecule has 236 valence electrons. The van der Waals surface area contributed by atoms with Gasteiger partial charge in [-0.05, 0) is 51.4 Å². The van der Waals surface area contributed by atoms with Crippen molar-refractivity contribution in [2.75, 3.05) is 0 Å². The Bertz CT molecular complexity index is 446. The predicted molar refractivity (Wildman–Crippen MR) is 150 cm³/mol. The molecule has 0 saturated heterocycles. The van der Waals surface area contributed by atoms with E-state index in [1.807, 2.05) is 27.7 Å². The van der Waals surface area contributed by atoms with Crippen molar-refractivity contribution in [3.8, 4) is 0 Å². The van der Waals surface area contributed by atoms with Crippen LogP contribution in [0.1, 0.15) is 82.1 Å². The number of carboxylic acid groups (broad SMARTS) is 2. The van der Waals surface area contributed by atoms with Crippen LogP contribution >= 0.6 is 37.7 Å². The Hall–Kier alpha value is 0.837. The van der Waals surface area contributed by atoms with Gasteiger partial charge in [0.05, 0.1) is 0 Å². The third-order valence-corrected chi connectivity index (χ3v) is 2.84. The second kappa shape index (κ2) is 32.1. The van der Waals surface area contributed by atoms with Crippen molar-refractivity contribution in [1.82, 2.24) is 10.6 Å². The van der Waals surface area contributed by atoms with E-state index in [1.54, 1.807) is 0 Å². The van der Waals surface area contributed by atoms with Crippen LogP contribution in [-0.4, -0.2) is 44.4 Å². The topological polar surface area (TPSA) is 296 Å². The molecule has 0 saturated carbocycles. The minimum atomic E-state index is -0.954. The second-order valence-electron chi connectivity index (χ2n) is 10.2. The maximum atomic E-state index is 10.4. The fourth-order valence-corrected chi connectivity index (χ4v) is 3.32. The number of hydrogen-bond acceptors (Lipinski definition) is 2. The maximum absolute atomic E-state index is 10.4. The third-order valence-electron chi connectivity index (χ3n) is 2.84. The van der Waals surface area contributed by atoms with Gasteiger partial charge in [0.1, 0.15) is 0 Å². The summed E-state index contributed by atoms with van der Waals surface area (Å²) in [5, 5.41) is 22.1. The summed E-state index contributed by atoms with van der Waals surface area (Å²) in [7, 11) is 19.5. The quantitative estimate of drug-likeness (QED) is 0.214. The molecule has 12 nitrogen and oxygen atoms in total. The molecule has 0 aliphatic rings. The summed E-state index contributed by atoms with van der Waals surface area (Å²) >= 11 is -0.944. The van der Waals surface area contributed by atoms with Crippen molar-refractivity contribution in [1.29, 1.82) is 0 Å². The van der Waals surface area contributed by atoms with Gasteiger partial charge in [-0.15, -0.1) is 0 Å². The summed E-state index contributed by atoms with van der Waals surface area (Å²) < 4.78 is 0. The SMILES string of the molecule is CC(C)(C)CC(C)(C)NC(=O)O.CC(C)(C)CC(C)(C)NC(=O)O.O.O.[Cl][Pt+2][Cl].[Cl][Pt+2][Cl].[NH2-].[NH2-].[NH2-].[NH2-]. The van der Waals surface area contributed by atoms with Gasteiger partial charge in [-0.25, -0.2) is 9.59 Å². The molecule has 16 N–H and O–H groups in total. The van der Waals surface area contributed by atoms with Crippen LogP contribution in [0.3, 0.4) is 0 Å². The van der Waals surface area contributed by atoms with Gasteiger partial charge in [0.25, 0.3) is 0 Å².